The van der Waals surface area contributed by atoms with E-state index in [1.165, 1.54) is 43.9 Å². The van der Waals surface area contributed by atoms with E-state index in [0.717, 1.165) is 22.8 Å². The Hall–Kier alpha value is -2.47. The predicted molar refractivity (Wildman–Crippen MR) is 126 cm³/mol. The molecule has 0 aromatic heterocycles. The van der Waals surface area contributed by atoms with Crippen molar-refractivity contribution in [3.8, 4) is 5.75 Å². The fourth-order valence-electron chi connectivity index (χ4n) is 3.76. The maximum absolute atomic E-state index is 12.6. The molecule has 2 amide bonds. The van der Waals surface area contributed by atoms with Crippen LogP contribution in [0.4, 0.5) is 0 Å². The van der Waals surface area contributed by atoms with Gasteiger partial charge in [0.2, 0.25) is 5.91 Å². The average molecular weight is 441 g/mol. The summed E-state index contributed by atoms with van der Waals surface area (Å²) in [6.45, 7) is 3.57. The van der Waals surface area contributed by atoms with E-state index >= 15 is 0 Å². The van der Waals surface area contributed by atoms with E-state index in [9.17, 15) is 9.59 Å². The lowest BCUT2D eigenvalue weighted by Crippen LogP contribution is -2.31. The molecule has 5 nitrogen and oxygen atoms in total. The van der Waals surface area contributed by atoms with E-state index in [-0.39, 0.29) is 11.8 Å². The van der Waals surface area contributed by atoms with Gasteiger partial charge in [0.05, 0.1) is 17.9 Å². The molecule has 0 heterocycles. The molecular weight excluding hydrogens is 408 g/mol. The summed E-state index contributed by atoms with van der Waals surface area (Å²) in [6, 6.07) is 15.2. The third-order valence-corrected chi connectivity index (χ3v) is 6.62. The van der Waals surface area contributed by atoms with Crippen molar-refractivity contribution in [2.24, 2.45) is 5.92 Å². The monoisotopic (exact) mass is 440 g/mol. The van der Waals surface area contributed by atoms with Crippen molar-refractivity contribution in [3.63, 3.8) is 0 Å². The van der Waals surface area contributed by atoms with Crippen molar-refractivity contribution < 1.29 is 14.3 Å². The van der Waals surface area contributed by atoms with Gasteiger partial charge in [-0.1, -0.05) is 49.6 Å². The highest BCUT2D eigenvalue weighted by atomic mass is 32.2. The molecule has 0 aliphatic heterocycles. The van der Waals surface area contributed by atoms with Gasteiger partial charge in [0, 0.05) is 11.4 Å². The van der Waals surface area contributed by atoms with Crippen LogP contribution in [0, 0.1) is 12.8 Å². The van der Waals surface area contributed by atoms with Gasteiger partial charge in [-0.25, -0.2) is 0 Å². The van der Waals surface area contributed by atoms with Gasteiger partial charge >= 0.3 is 0 Å². The van der Waals surface area contributed by atoms with Gasteiger partial charge in [-0.05, 0) is 49.4 Å². The van der Waals surface area contributed by atoms with Crippen molar-refractivity contribution in [3.05, 3.63) is 59.7 Å². The molecule has 2 aromatic carbocycles. The van der Waals surface area contributed by atoms with Crippen LogP contribution in [0.3, 0.4) is 0 Å². The maximum Gasteiger partial charge on any atom is 0.252 e. The summed E-state index contributed by atoms with van der Waals surface area (Å²) in [5.74, 6) is 1.62. The van der Waals surface area contributed by atoms with Crippen LogP contribution < -0.4 is 15.4 Å². The Morgan fingerprint density at radius 3 is 2.55 bits per heavy atom. The average Bonchev–Trinajstić information content (AvgIpc) is 2.81. The second-order valence-electron chi connectivity index (χ2n) is 7.96. The molecule has 1 fully saturated rings. The first-order valence-electron chi connectivity index (χ1n) is 11.1. The largest absolute Gasteiger partial charge is 0.491 e. The second-order valence-corrected chi connectivity index (χ2v) is 8.98. The summed E-state index contributed by atoms with van der Waals surface area (Å²) >= 11 is 1.40. The molecule has 0 radical (unpaired) electrons. The van der Waals surface area contributed by atoms with Crippen LogP contribution in [0.5, 0.6) is 5.75 Å². The van der Waals surface area contributed by atoms with Crippen LogP contribution in [0.25, 0.3) is 0 Å². The van der Waals surface area contributed by atoms with Crippen molar-refractivity contribution in [1.29, 1.82) is 0 Å². The second kappa shape index (κ2) is 12.4. The molecule has 1 aliphatic carbocycles. The number of hydrogen-bond donors (Lipinski definition) is 2. The van der Waals surface area contributed by atoms with E-state index < -0.39 is 0 Å². The molecule has 0 spiro atoms. The van der Waals surface area contributed by atoms with E-state index in [2.05, 4.69) is 10.6 Å². The van der Waals surface area contributed by atoms with Crippen molar-refractivity contribution in [2.45, 2.75) is 43.9 Å². The van der Waals surface area contributed by atoms with Crippen molar-refractivity contribution in [2.75, 3.05) is 25.4 Å². The number of carbonyl (C=O) groups is 2. The Morgan fingerprint density at radius 2 is 1.74 bits per heavy atom. The van der Waals surface area contributed by atoms with E-state index in [4.69, 9.17) is 4.74 Å². The molecule has 3 rings (SSSR count). The molecule has 1 aliphatic rings. The van der Waals surface area contributed by atoms with Gasteiger partial charge in [0.15, 0.2) is 0 Å². The van der Waals surface area contributed by atoms with Gasteiger partial charge in [0.1, 0.15) is 12.4 Å². The van der Waals surface area contributed by atoms with Gasteiger partial charge in [0.25, 0.3) is 5.91 Å². The third kappa shape index (κ3) is 7.62. The highest BCUT2D eigenvalue weighted by molar-refractivity contribution is 8.00. The molecule has 6 heteroatoms. The summed E-state index contributed by atoms with van der Waals surface area (Å²) in [5.41, 5.74) is 1.65. The Labute approximate surface area is 189 Å². The minimum absolute atomic E-state index is 0.0254. The number of ether oxygens (including phenoxy) is 1. The summed E-state index contributed by atoms with van der Waals surface area (Å²) in [5, 5.41) is 5.96. The van der Waals surface area contributed by atoms with E-state index in [1.54, 1.807) is 6.07 Å². The standard InChI is InChI=1S/C25H32N2O3S/c1-19-9-5-7-13-22(19)30-16-15-26-25(29)21-12-6-8-14-23(21)31-18-24(28)27-17-20-10-3-2-4-11-20/h5-9,12-14,20H,2-4,10-11,15-18H2,1H3,(H,26,29)(H,27,28). The highest BCUT2D eigenvalue weighted by Crippen LogP contribution is 2.24. The first-order valence-corrected chi connectivity index (χ1v) is 12.1. The lowest BCUT2D eigenvalue weighted by atomic mass is 9.89. The summed E-state index contributed by atoms with van der Waals surface area (Å²) in [7, 11) is 0. The number of hydrogen-bond acceptors (Lipinski definition) is 4. The van der Waals surface area contributed by atoms with Gasteiger partial charge < -0.3 is 15.4 Å². The molecule has 31 heavy (non-hydrogen) atoms. The van der Waals surface area contributed by atoms with Crippen LogP contribution in [-0.2, 0) is 4.79 Å². The predicted octanol–water partition coefficient (Wildman–Crippen LogP) is 4.59. The first-order chi connectivity index (χ1) is 15.1. The first kappa shape index (κ1) is 23.2. The Morgan fingerprint density at radius 1 is 1.00 bits per heavy atom. The summed E-state index contributed by atoms with van der Waals surface area (Å²) < 4.78 is 5.74. The molecule has 0 saturated heterocycles. The maximum atomic E-state index is 12.6. The Kier molecular flexibility index (Phi) is 9.28. The zero-order valence-electron chi connectivity index (χ0n) is 18.2. The minimum atomic E-state index is -0.154. The fourth-order valence-corrected chi connectivity index (χ4v) is 4.64. The molecule has 0 atom stereocenters. The third-order valence-electron chi connectivity index (χ3n) is 5.54. The zero-order valence-corrected chi connectivity index (χ0v) is 19.0. The lowest BCUT2D eigenvalue weighted by molar-refractivity contribution is -0.118. The van der Waals surface area contributed by atoms with Crippen molar-refractivity contribution in [1.82, 2.24) is 10.6 Å². The summed E-state index contributed by atoms with van der Waals surface area (Å²) in [6.07, 6.45) is 6.28. The molecular formula is C25H32N2O3S. The molecule has 166 valence electrons. The highest BCUT2D eigenvalue weighted by Gasteiger charge is 2.16. The number of rotatable bonds is 10. The molecule has 2 aromatic rings. The number of nitrogens with one attached hydrogen (secondary N) is 2. The zero-order chi connectivity index (χ0) is 21.9. The van der Waals surface area contributed by atoms with Crippen LogP contribution in [0.1, 0.15) is 48.0 Å². The van der Waals surface area contributed by atoms with Crippen LogP contribution in [-0.4, -0.2) is 37.3 Å². The van der Waals surface area contributed by atoms with Gasteiger partial charge in [-0.3, -0.25) is 9.59 Å². The molecule has 2 N–H and O–H groups in total. The SMILES string of the molecule is Cc1ccccc1OCCNC(=O)c1ccccc1SCC(=O)NCC1CCCCC1. The van der Waals surface area contributed by atoms with E-state index in [0.29, 0.717) is 30.4 Å². The number of amides is 2. The van der Waals surface area contributed by atoms with Crippen LogP contribution in [0.2, 0.25) is 0 Å². The molecule has 0 bridgehead atoms. The fraction of sp³-hybridized carbons (Fsp3) is 0.440. The van der Waals surface area contributed by atoms with Crippen LogP contribution >= 0.6 is 11.8 Å². The number of para-hydroxylation sites is 1. The number of aryl methyl sites for hydroxylation is 1. The van der Waals surface area contributed by atoms with Gasteiger partial charge in [-0.2, -0.15) is 0 Å². The minimum Gasteiger partial charge on any atom is -0.491 e. The normalized spacial score (nSPS) is 14.1. The summed E-state index contributed by atoms with van der Waals surface area (Å²) in [4.78, 5) is 25.7. The number of thioether (sulfide) groups is 1. The van der Waals surface area contributed by atoms with Crippen molar-refractivity contribution >= 4 is 23.6 Å². The van der Waals surface area contributed by atoms with Gasteiger partial charge in [-0.15, -0.1) is 11.8 Å². The van der Waals surface area contributed by atoms with E-state index in [1.807, 2.05) is 49.4 Å². The lowest BCUT2D eigenvalue weighted by Gasteiger charge is -2.21. The topological polar surface area (TPSA) is 67.4 Å². The number of benzene rings is 2. The molecule has 0 unspecified atom stereocenters. The quantitative estimate of drug-likeness (QED) is 0.419. The number of carbonyl (C=O) groups excluding carboxylic acids is 2. The van der Waals surface area contributed by atoms with Crippen LogP contribution in [0.15, 0.2) is 53.4 Å². The Bertz CT molecular complexity index is 865. The smallest absolute Gasteiger partial charge is 0.252 e. The molecule has 1 saturated carbocycles. The Balaban J connectivity index is 1.42.